The number of rotatable bonds is 7. The van der Waals surface area contributed by atoms with Gasteiger partial charge in [0, 0.05) is 12.6 Å². The Hall–Kier alpha value is -0.870. The Morgan fingerprint density at radius 2 is 2.20 bits per heavy atom. The molecule has 1 aliphatic carbocycles. The van der Waals surface area contributed by atoms with Gasteiger partial charge >= 0.3 is 0 Å². The standard InChI is InChI=1S/C16H28N2O2/c1-4-7-17-10-14-9-16(20-18-14)11-19-15-6-5-12(2)13(3)8-15/h9,12-13,15,17H,4-8,10-11H2,1-3H3. The minimum Gasteiger partial charge on any atom is -0.370 e. The first-order valence-corrected chi connectivity index (χ1v) is 7.95. The van der Waals surface area contributed by atoms with Gasteiger partial charge < -0.3 is 14.6 Å². The quantitative estimate of drug-likeness (QED) is 0.776. The van der Waals surface area contributed by atoms with Crippen LogP contribution >= 0.6 is 0 Å². The topological polar surface area (TPSA) is 47.3 Å². The zero-order valence-corrected chi connectivity index (χ0v) is 13.0. The van der Waals surface area contributed by atoms with Crippen molar-refractivity contribution >= 4 is 0 Å². The van der Waals surface area contributed by atoms with Crippen LogP contribution in [0, 0.1) is 11.8 Å². The summed E-state index contributed by atoms with van der Waals surface area (Å²) in [6.07, 6.45) is 5.12. The Bertz CT molecular complexity index is 392. The molecule has 0 radical (unpaired) electrons. The van der Waals surface area contributed by atoms with Crippen LogP contribution in [0.1, 0.15) is 57.9 Å². The van der Waals surface area contributed by atoms with E-state index in [9.17, 15) is 0 Å². The zero-order valence-electron chi connectivity index (χ0n) is 13.0. The van der Waals surface area contributed by atoms with Crippen molar-refractivity contribution < 1.29 is 9.26 Å². The van der Waals surface area contributed by atoms with Crippen molar-refractivity contribution in [2.75, 3.05) is 6.54 Å². The third kappa shape index (κ3) is 4.60. The van der Waals surface area contributed by atoms with Crippen LogP contribution in [0.15, 0.2) is 10.6 Å². The van der Waals surface area contributed by atoms with Crippen molar-refractivity contribution in [2.24, 2.45) is 11.8 Å². The highest BCUT2D eigenvalue weighted by molar-refractivity contribution is 5.04. The molecule has 114 valence electrons. The summed E-state index contributed by atoms with van der Waals surface area (Å²) in [5.41, 5.74) is 0.961. The summed E-state index contributed by atoms with van der Waals surface area (Å²) in [7, 11) is 0. The summed E-state index contributed by atoms with van der Waals surface area (Å²) in [4.78, 5) is 0. The molecule has 4 nitrogen and oxygen atoms in total. The lowest BCUT2D eigenvalue weighted by molar-refractivity contribution is -0.0155. The van der Waals surface area contributed by atoms with Crippen molar-refractivity contribution in [2.45, 2.75) is 65.7 Å². The summed E-state index contributed by atoms with van der Waals surface area (Å²) in [5, 5.41) is 7.38. The largest absolute Gasteiger partial charge is 0.370 e. The fraction of sp³-hybridized carbons (Fsp3) is 0.812. The third-order valence-electron chi connectivity index (χ3n) is 4.35. The molecule has 0 spiro atoms. The molecule has 0 amide bonds. The van der Waals surface area contributed by atoms with E-state index in [2.05, 4.69) is 31.2 Å². The van der Waals surface area contributed by atoms with Crippen molar-refractivity contribution in [3.05, 3.63) is 17.5 Å². The van der Waals surface area contributed by atoms with E-state index in [1.807, 2.05) is 6.07 Å². The summed E-state index contributed by atoms with van der Waals surface area (Å²) in [6, 6.07) is 2.00. The van der Waals surface area contributed by atoms with Crippen molar-refractivity contribution in [3.63, 3.8) is 0 Å². The predicted molar refractivity (Wildman–Crippen MR) is 79.3 cm³/mol. The molecule has 1 aromatic rings. The zero-order chi connectivity index (χ0) is 14.4. The normalized spacial score (nSPS) is 26.9. The molecule has 0 bridgehead atoms. The maximum atomic E-state index is 5.97. The molecule has 1 saturated carbocycles. The fourth-order valence-electron chi connectivity index (χ4n) is 2.75. The van der Waals surface area contributed by atoms with Crippen LogP contribution in [0.4, 0.5) is 0 Å². The molecule has 0 saturated heterocycles. The van der Waals surface area contributed by atoms with Crippen molar-refractivity contribution in [1.82, 2.24) is 10.5 Å². The lowest BCUT2D eigenvalue weighted by Crippen LogP contribution is -2.26. The molecular weight excluding hydrogens is 252 g/mol. The fourth-order valence-corrected chi connectivity index (χ4v) is 2.75. The number of nitrogens with one attached hydrogen (secondary N) is 1. The maximum absolute atomic E-state index is 5.97. The van der Waals surface area contributed by atoms with E-state index in [0.717, 1.165) is 42.8 Å². The van der Waals surface area contributed by atoms with Gasteiger partial charge in [-0.05, 0) is 44.1 Å². The Morgan fingerprint density at radius 3 is 2.95 bits per heavy atom. The second-order valence-electron chi connectivity index (χ2n) is 6.16. The van der Waals surface area contributed by atoms with E-state index in [0.29, 0.717) is 12.7 Å². The first-order chi connectivity index (χ1) is 9.69. The van der Waals surface area contributed by atoms with Crippen molar-refractivity contribution in [1.29, 1.82) is 0 Å². The van der Waals surface area contributed by atoms with Gasteiger partial charge in [-0.1, -0.05) is 25.9 Å². The third-order valence-corrected chi connectivity index (χ3v) is 4.35. The van der Waals surface area contributed by atoms with E-state index >= 15 is 0 Å². The van der Waals surface area contributed by atoms with Gasteiger partial charge in [0.2, 0.25) is 0 Å². The highest BCUT2D eigenvalue weighted by Crippen LogP contribution is 2.31. The van der Waals surface area contributed by atoms with Crippen LogP contribution < -0.4 is 5.32 Å². The number of aromatic nitrogens is 1. The number of nitrogens with zero attached hydrogens (tertiary/aromatic N) is 1. The minimum atomic E-state index is 0.382. The van der Waals surface area contributed by atoms with Gasteiger partial charge in [0.05, 0.1) is 11.8 Å². The highest BCUT2D eigenvalue weighted by atomic mass is 16.5. The van der Waals surface area contributed by atoms with Gasteiger partial charge in [-0.2, -0.15) is 0 Å². The summed E-state index contributed by atoms with van der Waals surface area (Å²) >= 11 is 0. The molecule has 1 heterocycles. The Kier molecular flexibility index (Phi) is 6.05. The Morgan fingerprint density at radius 1 is 1.35 bits per heavy atom. The molecule has 1 fully saturated rings. The predicted octanol–water partition coefficient (Wildman–Crippen LogP) is 3.52. The summed E-state index contributed by atoms with van der Waals surface area (Å²) in [5.74, 6) is 2.43. The maximum Gasteiger partial charge on any atom is 0.162 e. The van der Waals surface area contributed by atoms with Crippen LogP contribution in [0.2, 0.25) is 0 Å². The van der Waals surface area contributed by atoms with Crippen LogP contribution in [0.5, 0.6) is 0 Å². The van der Waals surface area contributed by atoms with Gasteiger partial charge in [-0.15, -0.1) is 0 Å². The lowest BCUT2D eigenvalue weighted by Gasteiger charge is -2.31. The van der Waals surface area contributed by atoms with E-state index in [4.69, 9.17) is 9.26 Å². The number of ether oxygens (including phenoxy) is 1. The summed E-state index contributed by atoms with van der Waals surface area (Å²) in [6.45, 7) is 9.15. The molecule has 1 N–H and O–H groups in total. The molecule has 1 aliphatic rings. The second-order valence-corrected chi connectivity index (χ2v) is 6.16. The number of hydrogen-bond donors (Lipinski definition) is 1. The Labute approximate surface area is 122 Å². The Balaban J connectivity index is 1.71. The van der Waals surface area contributed by atoms with E-state index in [1.54, 1.807) is 0 Å². The second kappa shape index (κ2) is 7.79. The summed E-state index contributed by atoms with van der Waals surface area (Å²) < 4.78 is 11.3. The van der Waals surface area contributed by atoms with Gasteiger partial charge in [0.15, 0.2) is 5.76 Å². The van der Waals surface area contributed by atoms with Gasteiger partial charge in [0.25, 0.3) is 0 Å². The SMILES string of the molecule is CCCNCc1cc(COC2CCC(C)C(C)C2)on1. The van der Waals surface area contributed by atoms with E-state index in [-0.39, 0.29) is 0 Å². The molecule has 0 aromatic carbocycles. The van der Waals surface area contributed by atoms with Crippen LogP contribution in [0.3, 0.4) is 0 Å². The molecule has 3 unspecified atom stereocenters. The molecule has 20 heavy (non-hydrogen) atoms. The van der Waals surface area contributed by atoms with Crippen molar-refractivity contribution in [3.8, 4) is 0 Å². The van der Waals surface area contributed by atoms with Gasteiger partial charge in [-0.25, -0.2) is 0 Å². The molecule has 1 aromatic heterocycles. The molecule has 3 atom stereocenters. The average Bonchev–Trinajstić information content (AvgIpc) is 2.88. The van der Waals surface area contributed by atoms with Crippen LogP contribution in [-0.4, -0.2) is 17.8 Å². The van der Waals surface area contributed by atoms with E-state index < -0.39 is 0 Å². The molecular formula is C16H28N2O2. The minimum absolute atomic E-state index is 0.382. The highest BCUT2D eigenvalue weighted by Gasteiger charge is 2.25. The van der Waals surface area contributed by atoms with Crippen LogP contribution in [-0.2, 0) is 17.9 Å². The van der Waals surface area contributed by atoms with E-state index in [1.165, 1.54) is 19.3 Å². The van der Waals surface area contributed by atoms with Gasteiger partial charge in [0.1, 0.15) is 6.61 Å². The smallest absolute Gasteiger partial charge is 0.162 e. The average molecular weight is 280 g/mol. The van der Waals surface area contributed by atoms with Gasteiger partial charge in [-0.3, -0.25) is 0 Å². The first-order valence-electron chi connectivity index (χ1n) is 7.95. The monoisotopic (exact) mass is 280 g/mol. The number of hydrogen-bond acceptors (Lipinski definition) is 4. The molecule has 0 aliphatic heterocycles. The molecule has 4 heteroatoms. The molecule has 2 rings (SSSR count). The first kappa shape index (κ1) is 15.5. The van der Waals surface area contributed by atoms with Crippen LogP contribution in [0.25, 0.3) is 0 Å². The lowest BCUT2D eigenvalue weighted by atomic mass is 9.80.